The second-order valence-corrected chi connectivity index (χ2v) is 9.08. The first kappa shape index (κ1) is 22.7. The standard InChI is InChI=1S/C26H34FN3O2/c1-19-17-23(8-3-21(19)18-30-15-13-28-14-16-30)29(2)26(31)20-4-9-24(10-5-20)32-25-11-6-22(27)7-12-25/h3,6-8,11-12,17,20,24,28H,4-5,9-10,13-16,18H2,1-2H3/t20-,24-. The monoisotopic (exact) mass is 439 g/mol. The van der Waals surface area contributed by atoms with Crippen molar-refractivity contribution in [3.05, 3.63) is 59.4 Å². The molecule has 0 unspecified atom stereocenters. The number of carbonyl (C=O) groups excluding carboxylic acids is 1. The van der Waals surface area contributed by atoms with Crippen molar-refractivity contribution >= 4 is 11.6 Å². The highest BCUT2D eigenvalue weighted by Crippen LogP contribution is 2.30. The Balaban J connectivity index is 1.30. The lowest BCUT2D eigenvalue weighted by Crippen LogP contribution is -2.43. The molecule has 0 aromatic heterocycles. The quantitative estimate of drug-likeness (QED) is 0.735. The highest BCUT2D eigenvalue weighted by molar-refractivity contribution is 5.94. The van der Waals surface area contributed by atoms with Crippen molar-refractivity contribution in [2.45, 2.75) is 45.3 Å². The van der Waals surface area contributed by atoms with E-state index in [0.29, 0.717) is 5.75 Å². The topological polar surface area (TPSA) is 44.8 Å². The van der Waals surface area contributed by atoms with Gasteiger partial charge in [-0.1, -0.05) is 6.07 Å². The molecule has 2 fully saturated rings. The van der Waals surface area contributed by atoms with Gasteiger partial charge in [0.15, 0.2) is 0 Å². The summed E-state index contributed by atoms with van der Waals surface area (Å²) in [5.74, 6) is 0.629. The number of ether oxygens (including phenoxy) is 1. The summed E-state index contributed by atoms with van der Waals surface area (Å²) in [7, 11) is 1.88. The summed E-state index contributed by atoms with van der Waals surface area (Å²) in [4.78, 5) is 17.4. The summed E-state index contributed by atoms with van der Waals surface area (Å²) >= 11 is 0. The van der Waals surface area contributed by atoms with E-state index >= 15 is 0 Å². The zero-order valence-corrected chi connectivity index (χ0v) is 19.1. The average Bonchev–Trinajstić information content (AvgIpc) is 2.82. The van der Waals surface area contributed by atoms with Gasteiger partial charge in [0.2, 0.25) is 5.91 Å². The van der Waals surface area contributed by atoms with Crippen molar-refractivity contribution in [2.24, 2.45) is 5.92 Å². The minimum absolute atomic E-state index is 0.0221. The Kier molecular flexibility index (Phi) is 7.43. The first-order chi connectivity index (χ1) is 15.5. The van der Waals surface area contributed by atoms with Gasteiger partial charge in [0.05, 0.1) is 6.10 Å². The van der Waals surface area contributed by atoms with Crippen molar-refractivity contribution in [3.8, 4) is 5.75 Å². The van der Waals surface area contributed by atoms with Crippen LogP contribution in [-0.4, -0.2) is 50.1 Å². The smallest absolute Gasteiger partial charge is 0.229 e. The third kappa shape index (κ3) is 5.67. The molecule has 1 saturated heterocycles. The summed E-state index contributed by atoms with van der Waals surface area (Å²) in [5.41, 5.74) is 3.52. The number of aryl methyl sites for hydroxylation is 1. The number of amides is 1. The lowest BCUT2D eigenvalue weighted by atomic mass is 9.86. The maximum atomic E-state index is 13.1. The molecule has 1 heterocycles. The fraction of sp³-hybridized carbons (Fsp3) is 0.500. The highest BCUT2D eigenvalue weighted by atomic mass is 19.1. The van der Waals surface area contributed by atoms with Gasteiger partial charge in [0.1, 0.15) is 11.6 Å². The zero-order chi connectivity index (χ0) is 22.5. The van der Waals surface area contributed by atoms with Gasteiger partial charge in [0, 0.05) is 51.4 Å². The Hall–Kier alpha value is -2.44. The van der Waals surface area contributed by atoms with Crippen LogP contribution in [0.25, 0.3) is 0 Å². The van der Waals surface area contributed by atoms with Crippen molar-refractivity contribution in [1.29, 1.82) is 0 Å². The van der Waals surface area contributed by atoms with Gasteiger partial charge in [-0.3, -0.25) is 9.69 Å². The van der Waals surface area contributed by atoms with E-state index in [0.717, 1.165) is 64.1 Å². The van der Waals surface area contributed by atoms with Crippen LogP contribution < -0.4 is 15.0 Å². The summed E-state index contributed by atoms with van der Waals surface area (Å²) < 4.78 is 19.0. The van der Waals surface area contributed by atoms with Gasteiger partial charge >= 0.3 is 0 Å². The molecule has 2 aromatic carbocycles. The lowest BCUT2D eigenvalue weighted by molar-refractivity contribution is -0.123. The predicted octanol–water partition coefficient (Wildman–Crippen LogP) is 4.14. The molecular weight excluding hydrogens is 405 g/mol. The molecule has 0 atom stereocenters. The molecule has 172 valence electrons. The first-order valence-electron chi connectivity index (χ1n) is 11.7. The van der Waals surface area contributed by atoms with E-state index in [4.69, 9.17) is 4.74 Å². The molecular formula is C26H34FN3O2. The Bertz CT molecular complexity index is 904. The molecule has 6 heteroatoms. The second kappa shape index (κ2) is 10.5. The summed E-state index contributed by atoms with van der Waals surface area (Å²) in [6, 6.07) is 12.5. The van der Waals surface area contributed by atoms with Crippen LogP contribution >= 0.6 is 0 Å². The Morgan fingerprint density at radius 2 is 1.78 bits per heavy atom. The van der Waals surface area contributed by atoms with Crippen molar-refractivity contribution in [2.75, 3.05) is 38.1 Å². The fourth-order valence-electron chi connectivity index (χ4n) is 4.71. The van der Waals surface area contributed by atoms with E-state index in [1.165, 1.54) is 23.3 Å². The number of halogens is 1. The van der Waals surface area contributed by atoms with Gasteiger partial charge in [-0.15, -0.1) is 0 Å². The molecule has 0 spiro atoms. The van der Waals surface area contributed by atoms with Crippen LogP contribution in [0.1, 0.15) is 36.8 Å². The molecule has 5 nitrogen and oxygen atoms in total. The van der Waals surface area contributed by atoms with E-state index < -0.39 is 0 Å². The van der Waals surface area contributed by atoms with Gasteiger partial charge in [0.25, 0.3) is 0 Å². The number of rotatable bonds is 6. The Labute approximate surface area is 190 Å². The normalized spacial score (nSPS) is 21.8. The van der Waals surface area contributed by atoms with Crippen LogP contribution in [0.5, 0.6) is 5.75 Å². The first-order valence-corrected chi connectivity index (χ1v) is 11.7. The van der Waals surface area contributed by atoms with Gasteiger partial charge in [-0.05, 0) is 80.1 Å². The SMILES string of the molecule is Cc1cc(N(C)C(=O)[C@H]2CC[C@H](Oc3ccc(F)cc3)CC2)ccc1CN1CCNCC1. The average molecular weight is 440 g/mol. The van der Waals surface area contributed by atoms with Crippen LogP contribution in [0.2, 0.25) is 0 Å². The number of piperazine rings is 1. The number of carbonyl (C=O) groups is 1. The van der Waals surface area contributed by atoms with Crippen LogP contribution in [0, 0.1) is 18.7 Å². The summed E-state index contributed by atoms with van der Waals surface area (Å²) in [6.07, 6.45) is 3.39. The third-order valence-electron chi connectivity index (χ3n) is 6.79. The third-order valence-corrected chi connectivity index (χ3v) is 6.79. The lowest BCUT2D eigenvalue weighted by Gasteiger charge is -2.31. The maximum Gasteiger partial charge on any atom is 0.229 e. The zero-order valence-electron chi connectivity index (χ0n) is 19.1. The number of nitrogens with one attached hydrogen (secondary N) is 1. The van der Waals surface area contributed by atoms with Crippen LogP contribution in [0.3, 0.4) is 0 Å². The molecule has 2 aliphatic rings. The minimum Gasteiger partial charge on any atom is -0.490 e. The molecule has 1 aliphatic heterocycles. The fourth-order valence-corrected chi connectivity index (χ4v) is 4.71. The second-order valence-electron chi connectivity index (χ2n) is 9.08. The molecule has 1 saturated carbocycles. The maximum absolute atomic E-state index is 13.1. The highest BCUT2D eigenvalue weighted by Gasteiger charge is 2.29. The minimum atomic E-state index is -0.262. The van der Waals surface area contributed by atoms with E-state index in [1.807, 2.05) is 11.9 Å². The van der Waals surface area contributed by atoms with Crippen molar-refractivity contribution in [1.82, 2.24) is 10.2 Å². The Morgan fingerprint density at radius 3 is 2.44 bits per heavy atom. The number of hydrogen-bond donors (Lipinski definition) is 1. The van der Waals surface area contributed by atoms with Gasteiger partial charge in [-0.2, -0.15) is 0 Å². The van der Waals surface area contributed by atoms with Gasteiger partial charge < -0.3 is 15.0 Å². The molecule has 0 radical (unpaired) electrons. The van der Waals surface area contributed by atoms with E-state index in [-0.39, 0.29) is 23.7 Å². The van der Waals surface area contributed by atoms with Crippen LogP contribution in [-0.2, 0) is 11.3 Å². The number of benzene rings is 2. The van der Waals surface area contributed by atoms with Crippen LogP contribution in [0.4, 0.5) is 10.1 Å². The molecule has 1 N–H and O–H groups in total. The molecule has 2 aromatic rings. The largest absolute Gasteiger partial charge is 0.490 e. The number of hydrogen-bond acceptors (Lipinski definition) is 4. The molecule has 32 heavy (non-hydrogen) atoms. The number of nitrogens with zero attached hydrogens (tertiary/aromatic N) is 2. The number of anilines is 1. The van der Waals surface area contributed by atoms with E-state index in [9.17, 15) is 9.18 Å². The Morgan fingerprint density at radius 1 is 1.09 bits per heavy atom. The van der Waals surface area contributed by atoms with Crippen LogP contribution in [0.15, 0.2) is 42.5 Å². The summed E-state index contributed by atoms with van der Waals surface area (Å²) in [5, 5.41) is 3.39. The molecule has 1 amide bonds. The van der Waals surface area contributed by atoms with Crippen molar-refractivity contribution in [3.63, 3.8) is 0 Å². The van der Waals surface area contributed by atoms with E-state index in [1.54, 1.807) is 12.1 Å². The predicted molar refractivity (Wildman–Crippen MR) is 126 cm³/mol. The van der Waals surface area contributed by atoms with Gasteiger partial charge in [-0.25, -0.2) is 4.39 Å². The van der Waals surface area contributed by atoms with E-state index in [2.05, 4.69) is 35.3 Å². The molecule has 0 bridgehead atoms. The molecule has 1 aliphatic carbocycles. The van der Waals surface area contributed by atoms with Crippen molar-refractivity contribution < 1.29 is 13.9 Å². The molecule has 4 rings (SSSR count). The summed E-state index contributed by atoms with van der Waals surface area (Å²) in [6.45, 7) is 7.35.